The van der Waals surface area contributed by atoms with Crippen molar-refractivity contribution in [2.45, 2.75) is 38.5 Å². The summed E-state index contributed by atoms with van der Waals surface area (Å²) in [5.74, 6) is 1.81. The first-order chi connectivity index (χ1) is 28.8. The molecule has 9 aliphatic rings. The number of rotatable bonds is 3. The van der Waals surface area contributed by atoms with E-state index in [1.807, 2.05) is 0 Å². The summed E-state index contributed by atoms with van der Waals surface area (Å²) in [6, 6.07) is 35.2. The van der Waals surface area contributed by atoms with Crippen LogP contribution in [0.1, 0.15) is 55.2 Å². The highest BCUT2D eigenvalue weighted by Crippen LogP contribution is 2.64. The fraction of sp³-hybridized carbons (Fsp3) is 0.172. The normalized spacial score (nSPS) is 24.7. The van der Waals surface area contributed by atoms with Crippen LogP contribution in [-0.4, -0.2) is 0 Å². The maximum atomic E-state index is 2.66. The molecule has 4 unspecified atom stereocenters. The molecule has 0 saturated carbocycles. The van der Waals surface area contributed by atoms with Crippen LogP contribution >= 0.6 is 0 Å². The molecule has 0 radical (unpaired) electrons. The molecular weight excluding hydrogens is 697 g/mol. The molecule has 5 aromatic carbocycles. The van der Waals surface area contributed by atoms with Gasteiger partial charge in [0.25, 0.3) is 0 Å². The van der Waals surface area contributed by atoms with Crippen molar-refractivity contribution < 1.29 is 0 Å². The van der Waals surface area contributed by atoms with Crippen molar-refractivity contribution in [2.75, 3.05) is 0 Å². The van der Waals surface area contributed by atoms with Crippen LogP contribution in [0.25, 0.3) is 66.4 Å². The summed E-state index contributed by atoms with van der Waals surface area (Å²) in [5.41, 5.74) is 26.5. The molecule has 9 aliphatic carbocycles. The Labute approximate surface area is 340 Å². The molecule has 0 saturated heterocycles. The average Bonchev–Trinajstić information content (AvgIpc) is 3.78. The number of fused-ring (bicyclic) bond motifs is 8. The topological polar surface area (TPSA) is 0 Å². The molecule has 0 aromatic heterocycles. The van der Waals surface area contributed by atoms with E-state index in [1.165, 1.54) is 101 Å². The van der Waals surface area contributed by atoms with E-state index in [1.54, 1.807) is 33.4 Å². The maximum absolute atomic E-state index is 2.66. The summed E-state index contributed by atoms with van der Waals surface area (Å²) in [5, 5.41) is 5.73. The number of hydrogen-bond donors (Lipinski definition) is 0. The Morgan fingerprint density at radius 2 is 1.41 bits per heavy atom. The molecule has 5 aromatic rings. The van der Waals surface area contributed by atoms with Gasteiger partial charge in [0.15, 0.2) is 0 Å². The third-order valence-corrected chi connectivity index (χ3v) is 15.1. The van der Waals surface area contributed by atoms with Crippen molar-refractivity contribution >= 4 is 33.1 Å². The Morgan fingerprint density at radius 1 is 0.603 bits per heavy atom. The Morgan fingerprint density at radius 3 is 2.22 bits per heavy atom. The SMILES string of the molecule is C1=CCC(C2=CC3C=CC4=C5C6=C(CC4)c4c(c(-c7ccccc7)c7cc8c(cc7c4-c4ccccc4)C4=c7c-8cccc7=C7C=CCCC7C4)C6=CC(=C2)C53)C=C1. The summed E-state index contributed by atoms with van der Waals surface area (Å²) in [6.45, 7) is 0. The highest BCUT2D eigenvalue weighted by atomic mass is 14.5. The second-order valence-corrected chi connectivity index (χ2v) is 17.9. The van der Waals surface area contributed by atoms with E-state index in [9.17, 15) is 0 Å². The van der Waals surface area contributed by atoms with Crippen molar-refractivity contribution in [3.63, 3.8) is 0 Å². The minimum absolute atomic E-state index is 0.388. The minimum Gasteiger partial charge on any atom is -0.0842 e. The zero-order valence-electron chi connectivity index (χ0n) is 32.6. The van der Waals surface area contributed by atoms with Crippen LogP contribution in [0.4, 0.5) is 0 Å². The van der Waals surface area contributed by atoms with Crippen molar-refractivity contribution in [3.8, 4) is 33.4 Å². The van der Waals surface area contributed by atoms with E-state index in [0.29, 0.717) is 23.7 Å². The molecule has 0 fully saturated rings. The van der Waals surface area contributed by atoms with Gasteiger partial charge in [-0.25, -0.2) is 0 Å². The van der Waals surface area contributed by atoms with Gasteiger partial charge in [-0.1, -0.05) is 140 Å². The number of hydrogen-bond acceptors (Lipinski definition) is 0. The van der Waals surface area contributed by atoms with E-state index in [2.05, 4.69) is 158 Å². The fourth-order valence-corrected chi connectivity index (χ4v) is 12.8. The van der Waals surface area contributed by atoms with Crippen LogP contribution in [0.2, 0.25) is 0 Å². The van der Waals surface area contributed by atoms with E-state index in [4.69, 9.17) is 0 Å². The van der Waals surface area contributed by atoms with Gasteiger partial charge >= 0.3 is 0 Å². The molecule has 0 amide bonds. The average molecular weight is 739 g/mol. The van der Waals surface area contributed by atoms with Crippen LogP contribution in [-0.2, 0) is 0 Å². The third-order valence-electron chi connectivity index (χ3n) is 15.1. The second-order valence-electron chi connectivity index (χ2n) is 17.9. The summed E-state index contributed by atoms with van der Waals surface area (Å²) in [6.07, 6.45) is 33.7. The number of benzene rings is 5. The molecule has 0 bridgehead atoms. The third kappa shape index (κ3) is 4.15. The van der Waals surface area contributed by atoms with Gasteiger partial charge in [-0.15, -0.1) is 0 Å². The smallest absolute Gasteiger partial charge is 0.0196 e. The Kier molecular flexibility index (Phi) is 6.40. The van der Waals surface area contributed by atoms with Crippen LogP contribution in [0.15, 0.2) is 186 Å². The van der Waals surface area contributed by atoms with Gasteiger partial charge in [0.2, 0.25) is 0 Å². The predicted octanol–water partition coefficient (Wildman–Crippen LogP) is 12.9. The lowest BCUT2D eigenvalue weighted by atomic mass is 9.62. The summed E-state index contributed by atoms with van der Waals surface area (Å²) in [7, 11) is 0. The molecule has 274 valence electrons. The molecule has 58 heavy (non-hydrogen) atoms. The maximum Gasteiger partial charge on any atom is 0.0196 e. The molecule has 0 N–H and O–H groups in total. The Balaban J connectivity index is 1.12. The first-order valence-corrected chi connectivity index (χ1v) is 21.7. The first kappa shape index (κ1) is 31.8. The lowest BCUT2D eigenvalue weighted by Gasteiger charge is -2.41. The zero-order chi connectivity index (χ0) is 37.6. The molecule has 0 nitrogen and oxygen atoms in total. The van der Waals surface area contributed by atoms with Gasteiger partial charge in [0.1, 0.15) is 0 Å². The molecule has 0 heterocycles. The molecule has 4 atom stereocenters. The minimum atomic E-state index is 0.388. The summed E-state index contributed by atoms with van der Waals surface area (Å²) in [4.78, 5) is 0. The van der Waals surface area contributed by atoms with Crippen LogP contribution in [0, 0.1) is 23.7 Å². The van der Waals surface area contributed by atoms with E-state index in [-0.39, 0.29) is 0 Å². The first-order valence-electron chi connectivity index (χ1n) is 21.7. The second kappa shape index (κ2) is 11.7. The number of allylic oxidation sites excluding steroid dienone is 18. The molecule has 0 aliphatic heterocycles. The van der Waals surface area contributed by atoms with Crippen LogP contribution < -0.4 is 10.4 Å². The van der Waals surface area contributed by atoms with Gasteiger partial charge in [-0.3, -0.25) is 0 Å². The lowest BCUT2D eigenvalue weighted by Crippen LogP contribution is -2.35. The highest BCUT2D eigenvalue weighted by molar-refractivity contribution is 6.22. The molecule has 0 spiro atoms. The van der Waals surface area contributed by atoms with Gasteiger partial charge in [0.05, 0.1) is 0 Å². The van der Waals surface area contributed by atoms with Gasteiger partial charge in [-0.05, 0) is 184 Å². The lowest BCUT2D eigenvalue weighted by molar-refractivity contribution is 0.576. The van der Waals surface area contributed by atoms with Gasteiger partial charge in [0, 0.05) is 17.8 Å². The summed E-state index contributed by atoms with van der Waals surface area (Å²) >= 11 is 0. The Bertz CT molecular complexity index is 3190. The predicted molar refractivity (Wildman–Crippen MR) is 242 cm³/mol. The van der Waals surface area contributed by atoms with Gasteiger partial charge in [-0.2, -0.15) is 0 Å². The van der Waals surface area contributed by atoms with Gasteiger partial charge < -0.3 is 0 Å². The zero-order valence-corrected chi connectivity index (χ0v) is 32.6. The quantitative estimate of drug-likeness (QED) is 0.173. The van der Waals surface area contributed by atoms with Crippen molar-refractivity contribution in [1.82, 2.24) is 0 Å². The highest BCUT2D eigenvalue weighted by Gasteiger charge is 2.46. The van der Waals surface area contributed by atoms with E-state index >= 15 is 0 Å². The monoisotopic (exact) mass is 738 g/mol. The largest absolute Gasteiger partial charge is 0.0842 e. The fourth-order valence-electron chi connectivity index (χ4n) is 12.8. The molecule has 14 rings (SSSR count). The van der Waals surface area contributed by atoms with Crippen molar-refractivity contribution in [1.29, 1.82) is 0 Å². The summed E-state index contributed by atoms with van der Waals surface area (Å²) < 4.78 is 0. The van der Waals surface area contributed by atoms with Crippen LogP contribution in [0.5, 0.6) is 0 Å². The standard InChI is InChI=1S/C58H42/c1-4-13-33(14-5-1)39-27-38-24-23-36-25-26-44-56-50(30-40(28-39)51(38)54(36)56)58-53(35-17-8-3-9-18-35)48-31-45-43-22-12-21-42-41-20-11-10-19-37(41)29-47(55(42)43)46(45)32-49(48)52(57(44)58)34-15-6-2-7-16-34/h1-9,11-13,15-18,20-24,27-28,30-33,37-38,51H,10,14,19,25-26,29H2. The van der Waals surface area contributed by atoms with E-state index in [0.717, 1.165) is 25.7 Å². The van der Waals surface area contributed by atoms with Crippen molar-refractivity contribution in [2.24, 2.45) is 23.7 Å². The van der Waals surface area contributed by atoms with E-state index < -0.39 is 0 Å². The Hall–Kier alpha value is -6.24. The van der Waals surface area contributed by atoms with Crippen molar-refractivity contribution in [3.05, 3.63) is 213 Å². The molecule has 0 heteroatoms. The molecular formula is C58H42. The van der Waals surface area contributed by atoms with Crippen LogP contribution in [0.3, 0.4) is 0 Å².